The molecule has 0 heterocycles. The van der Waals surface area contributed by atoms with E-state index >= 15 is 0 Å². The van der Waals surface area contributed by atoms with Gasteiger partial charge in [-0.1, -0.05) is 24.3 Å². The van der Waals surface area contributed by atoms with E-state index in [9.17, 15) is 4.79 Å². The molecule has 0 radical (unpaired) electrons. The first-order valence-corrected chi connectivity index (χ1v) is 7.18. The average Bonchev–Trinajstić information content (AvgIpc) is 2.53. The van der Waals surface area contributed by atoms with Gasteiger partial charge >= 0.3 is 5.97 Å². The monoisotopic (exact) mass is 349 g/mol. The second kappa shape index (κ2) is 7.13. The molecule has 1 N–H and O–H groups in total. The zero-order valence-corrected chi connectivity index (χ0v) is 13.4. The van der Waals surface area contributed by atoms with Crippen LogP contribution in [0.5, 0.6) is 5.75 Å². The zero-order valence-electron chi connectivity index (χ0n) is 11.8. The van der Waals surface area contributed by atoms with Crippen LogP contribution in [0, 0.1) is 0 Å². The van der Waals surface area contributed by atoms with Crippen LogP contribution in [0.4, 0.5) is 5.69 Å². The van der Waals surface area contributed by atoms with E-state index in [1.807, 2.05) is 48.5 Å². The van der Waals surface area contributed by atoms with Crippen LogP contribution in [-0.4, -0.2) is 20.2 Å². The highest BCUT2D eigenvalue weighted by Gasteiger charge is 2.22. The van der Waals surface area contributed by atoms with E-state index in [4.69, 9.17) is 9.47 Å². The van der Waals surface area contributed by atoms with Gasteiger partial charge in [-0.05, 0) is 45.8 Å². The second-order valence-electron chi connectivity index (χ2n) is 4.36. The third-order valence-corrected chi connectivity index (χ3v) is 3.73. The van der Waals surface area contributed by atoms with Gasteiger partial charge in [0.1, 0.15) is 5.75 Å². The summed E-state index contributed by atoms with van der Waals surface area (Å²) in [6.45, 7) is 0. The van der Waals surface area contributed by atoms with Gasteiger partial charge in [0.2, 0.25) is 0 Å². The first-order valence-electron chi connectivity index (χ1n) is 6.38. The number of ether oxygens (including phenoxy) is 2. The van der Waals surface area contributed by atoms with E-state index in [1.54, 1.807) is 7.11 Å². The molecule has 0 aliphatic rings. The fourth-order valence-electron chi connectivity index (χ4n) is 1.95. The third kappa shape index (κ3) is 3.76. The van der Waals surface area contributed by atoms with Gasteiger partial charge in [-0.25, -0.2) is 4.79 Å². The quantitative estimate of drug-likeness (QED) is 0.834. The largest absolute Gasteiger partial charge is 0.497 e. The number of nitrogens with one attached hydrogen (secondary N) is 1. The number of anilines is 1. The van der Waals surface area contributed by atoms with Gasteiger partial charge in [-0.3, -0.25) is 0 Å². The van der Waals surface area contributed by atoms with Gasteiger partial charge in [0.05, 0.1) is 14.2 Å². The van der Waals surface area contributed by atoms with Crippen LogP contribution in [0.2, 0.25) is 0 Å². The molecule has 0 saturated heterocycles. The number of methoxy groups -OCH3 is 2. The molecule has 0 amide bonds. The molecule has 2 rings (SSSR count). The normalized spacial score (nSPS) is 11.6. The Morgan fingerprint density at radius 2 is 1.90 bits per heavy atom. The summed E-state index contributed by atoms with van der Waals surface area (Å²) in [5, 5.41) is 3.19. The number of rotatable bonds is 5. The van der Waals surface area contributed by atoms with E-state index in [0.29, 0.717) is 5.75 Å². The molecule has 4 nitrogen and oxygen atoms in total. The van der Waals surface area contributed by atoms with Crippen LogP contribution in [0.3, 0.4) is 0 Å². The van der Waals surface area contributed by atoms with Gasteiger partial charge in [0.25, 0.3) is 0 Å². The van der Waals surface area contributed by atoms with Crippen LogP contribution in [0.15, 0.2) is 53.0 Å². The molecule has 0 aliphatic heterocycles. The van der Waals surface area contributed by atoms with E-state index in [1.165, 1.54) is 7.11 Å². The lowest BCUT2D eigenvalue weighted by atomic mass is 10.1. The van der Waals surface area contributed by atoms with Crippen molar-refractivity contribution in [3.05, 3.63) is 58.6 Å². The fourth-order valence-corrected chi connectivity index (χ4v) is 2.35. The van der Waals surface area contributed by atoms with Crippen LogP contribution < -0.4 is 10.1 Å². The maximum Gasteiger partial charge on any atom is 0.332 e. The summed E-state index contributed by atoms with van der Waals surface area (Å²) in [6, 6.07) is 14.3. The van der Waals surface area contributed by atoms with Crippen molar-refractivity contribution < 1.29 is 14.3 Å². The number of carbonyl (C=O) groups is 1. The number of hydrogen-bond donors (Lipinski definition) is 1. The summed E-state index contributed by atoms with van der Waals surface area (Å²) < 4.78 is 11.0. The number of para-hydroxylation sites is 1. The molecule has 110 valence electrons. The maximum absolute atomic E-state index is 12.1. The van der Waals surface area contributed by atoms with Crippen molar-refractivity contribution in [2.45, 2.75) is 6.04 Å². The molecule has 21 heavy (non-hydrogen) atoms. The molecule has 0 fully saturated rings. The molecule has 2 aromatic rings. The first kappa shape index (κ1) is 15.4. The highest BCUT2D eigenvalue weighted by molar-refractivity contribution is 9.10. The second-order valence-corrected chi connectivity index (χ2v) is 5.21. The van der Waals surface area contributed by atoms with Gasteiger partial charge < -0.3 is 14.8 Å². The summed E-state index contributed by atoms with van der Waals surface area (Å²) in [7, 11) is 2.96. The van der Waals surface area contributed by atoms with Crippen molar-refractivity contribution in [3.63, 3.8) is 0 Å². The zero-order chi connectivity index (χ0) is 15.2. The number of esters is 1. The summed E-state index contributed by atoms with van der Waals surface area (Å²) >= 11 is 3.46. The van der Waals surface area contributed by atoms with Gasteiger partial charge in [0.15, 0.2) is 6.04 Å². The van der Waals surface area contributed by atoms with Crippen LogP contribution in [0.25, 0.3) is 0 Å². The molecular formula is C16H16BrNO3. The van der Waals surface area contributed by atoms with Crippen molar-refractivity contribution in [1.82, 2.24) is 0 Å². The third-order valence-electron chi connectivity index (χ3n) is 3.04. The van der Waals surface area contributed by atoms with Gasteiger partial charge in [-0.2, -0.15) is 0 Å². The Hall–Kier alpha value is -2.01. The summed E-state index contributed by atoms with van der Waals surface area (Å²) in [5.74, 6) is 0.328. The van der Waals surface area contributed by atoms with Crippen molar-refractivity contribution in [3.8, 4) is 5.75 Å². The van der Waals surface area contributed by atoms with Crippen LogP contribution >= 0.6 is 15.9 Å². The van der Waals surface area contributed by atoms with Crippen LogP contribution in [-0.2, 0) is 9.53 Å². The molecule has 0 saturated carbocycles. The van der Waals surface area contributed by atoms with Crippen molar-refractivity contribution in [2.24, 2.45) is 0 Å². The molecule has 1 unspecified atom stereocenters. The van der Waals surface area contributed by atoms with Crippen molar-refractivity contribution in [2.75, 3.05) is 19.5 Å². The maximum atomic E-state index is 12.1. The Bertz CT molecular complexity index is 630. The predicted molar refractivity (Wildman–Crippen MR) is 85.5 cm³/mol. The molecular weight excluding hydrogens is 334 g/mol. The lowest BCUT2D eigenvalue weighted by molar-refractivity contribution is -0.141. The number of halogens is 1. The highest BCUT2D eigenvalue weighted by Crippen LogP contribution is 2.28. The lowest BCUT2D eigenvalue weighted by Crippen LogP contribution is -2.22. The van der Waals surface area contributed by atoms with E-state index < -0.39 is 6.04 Å². The lowest BCUT2D eigenvalue weighted by Gasteiger charge is -2.19. The molecule has 5 heteroatoms. The van der Waals surface area contributed by atoms with Gasteiger partial charge in [-0.15, -0.1) is 0 Å². The summed E-state index contributed by atoms with van der Waals surface area (Å²) in [6.07, 6.45) is 0. The highest BCUT2D eigenvalue weighted by atomic mass is 79.9. The Morgan fingerprint density at radius 3 is 2.57 bits per heavy atom. The first-order chi connectivity index (χ1) is 10.2. The standard InChI is InChI=1S/C16H16BrNO3/c1-20-12-7-5-6-11(10-12)15(16(19)21-2)18-14-9-4-3-8-13(14)17/h3-10,15,18H,1-2H3. The Balaban J connectivity index is 2.34. The van der Waals surface area contributed by atoms with Crippen molar-refractivity contribution >= 4 is 27.6 Å². The Labute approximate surface area is 132 Å². The minimum Gasteiger partial charge on any atom is -0.497 e. The Morgan fingerprint density at radius 1 is 1.14 bits per heavy atom. The molecule has 1 atom stereocenters. The Kier molecular flexibility index (Phi) is 5.22. The summed E-state index contributed by atoms with van der Waals surface area (Å²) in [4.78, 5) is 12.1. The minimum atomic E-state index is -0.608. The van der Waals surface area contributed by atoms with Crippen molar-refractivity contribution in [1.29, 1.82) is 0 Å². The van der Waals surface area contributed by atoms with Crippen LogP contribution in [0.1, 0.15) is 11.6 Å². The predicted octanol–water partition coefficient (Wildman–Crippen LogP) is 3.78. The fraction of sp³-hybridized carbons (Fsp3) is 0.188. The smallest absolute Gasteiger partial charge is 0.332 e. The molecule has 2 aromatic carbocycles. The number of hydrogen-bond acceptors (Lipinski definition) is 4. The molecule has 0 spiro atoms. The summed E-state index contributed by atoms with van der Waals surface area (Å²) in [5.41, 5.74) is 1.59. The SMILES string of the molecule is COC(=O)C(Nc1ccccc1Br)c1cccc(OC)c1. The molecule has 0 aliphatic carbocycles. The van der Waals surface area contributed by atoms with E-state index in [2.05, 4.69) is 21.2 Å². The molecule has 0 aromatic heterocycles. The average molecular weight is 350 g/mol. The minimum absolute atomic E-state index is 0.362. The molecule has 0 bridgehead atoms. The number of benzene rings is 2. The van der Waals surface area contributed by atoms with E-state index in [-0.39, 0.29) is 5.97 Å². The number of carbonyl (C=O) groups excluding carboxylic acids is 1. The topological polar surface area (TPSA) is 47.6 Å². The van der Waals surface area contributed by atoms with E-state index in [0.717, 1.165) is 15.7 Å². The van der Waals surface area contributed by atoms with Gasteiger partial charge in [0, 0.05) is 10.2 Å².